The molecular weight excluding hydrogens is 336 g/mol. The highest BCUT2D eigenvalue weighted by Gasteiger charge is 2.24. The van der Waals surface area contributed by atoms with Crippen LogP contribution in [0.1, 0.15) is 10.7 Å². The Kier molecular flexibility index (Phi) is 5.38. The number of aryl methyl sites for hydroxylation is 1. The third-order valence-electron chi connectivity index (χ3n) is 2.94. The Labute approximate surface area is 140 Å². The second-order valence-electron chi connectivity index (χ2n) is 4.57. The number of rotatable bonds is 6. The van der Waals surface area contributed by atoms with Crippen LogP contribution in [0.25, 0.3) is 10.6 Å². The molecule has 0 aromatic carbocycles. The molecule has 1 unspecified atom stereocenters. The Bertz CT molecular complexity index is 776. The average molecular weight is 350 g/mol. The molecule has 0 bridgehead atoms. The van der Waals surface area contributed by atoms with E-state index in [2.05, 4.69) is 15.3 Å². The van der Waals surface area contributed by atoms with Gasteiger partial charge in [0.25, 0.3) is 0 Å². The van der Waals surface area contributed by atoms with Crippen molar-refractivity contribution in [2.24, 2.45) is 17.4 Å². The molecule has 0 saturated carbocycles. The van der Waals surface area contributed by atoms with Gasteiger partial charge < -0.3 is 16.8 Å². The molecule has 2 aromatic heterocycles. The molecule has 2 heterocycles. The van der Waals surface area contributed by atoms with Crippen molar-refractivity contribution in [2.45, 2.75) is 13.3 Å². The largest absolute Gasteiger partial charge is 0.369 e. The quantitative estimate of drug-likeness (QED) is 0.651. The summed E-state index contributed by atoms with van der Waals surface area (Å²) in [5.41, 5.74) is 11.9. The summed E-state index contributed by atoms with van der Waals surface area (Å²) in [6.07, 6.45) is 0.253. The van der Waals surface area contributed by atoms with Crippen LogP contribution < -0.4 is 16.8 Å². The highest BCUT2D eigenvalue weighted by atomic mass is 32.1. The molecule has 0 aliphatic heterocycles. The summed E-state index contributed by atoms with van der Waals surface area (Å²) >= 11 is 2.63. The number of aromatic nitrogens is 2. The van der Waals surface area contributed by atoms with Crippen LogP contribution >= 0.6 is 22.7 Å². The molecule has 2 aromatic rings. The van der Waals surface area contributed by atoms with Gasteiger partial charge in [-0.3, -0.25) is 9.59 Å². The van der Waals surface area contributed by atoms with Crippen molar-refractivity contribution < 1.29 is 9.59 Å². The molecule has 0 spiro atoms. The minimum atomic E-state index is -1.09. The van der Waals surface area contributed by atoms with Crippen molar-refractivity contribution in [3.63, 3.8) is 0 Å². The van der Waals surface area contributed by atoms with Crippen LogP contribution in [0.4, 0.5) is 5.13 Å². The van der Waals surface area contributed by atoms with Crippen molar-refractivity contribution in [3.05, 3.63) is 16.1 Å². The van der Waals surface area contributed by atoms with Crippen LogP contribution in [0.15, 0.2) is 5.38 Å². The first-order valence-corrected chi connectivity index (χ1v) is 8.25. The predicted molar refractivity (Wildman–Crippen MR) is 87.6 cm³/mol. The molecule has 10 heteroatoms. The number of hydrogen-bond donors (Lipinski definition) is 3. The van der Waals surface area contributed by atoms with Gasteiger partial charge in [-0.05, 0) is 6.92 Å². The number of primary amides is 1. The number of nitrogens with two attached hydrogens (primary N) is 2. The Balaban J connectivity index is 2.19. The van der Waals surface area contributed by atoms with Crippen molar-refractivity contribution in [1.29, 1.82) is 5.26 Å². The van der Waals surface area contributed by atoms with E-state index in [1.807, 2.05) is 11.4 Å². The van der Waals surface area contributed by atoms with Gasteiger partial charge in [0, 0.05) is 11.9 Å². The van der Waals surface area contributed by atoms with E-state index >= 15 is 0 Å². The molecule has 0 fully saturated rings. The number of hydrogen-bond acceptors (Lipinski definition) is 8. The first-order valence-electron chi connectivity index (χ1n) is 6.55. The van der Waals surface area contributed by atoms with Crippen LogP contribution in [0.2, 0.25) is 0 Å². The van der Waals surface area contributed by atoms with Crippen molar-refractivity contribution in [1.82, 2.24) is 9.97 Å². The van der Waals surface area contributed by atoms with Gasteiger partial charge >= 0.3 is 0 Å². The third-order valence-corrected chi connectivity index (χ3v) is 4.88. The van der Waals surface area contributed by atoms with E-state index in [0.29, 0.717) is 16.5 Å². The van der Waals surface area contributed by atoms with Crippen molar-refractivity contribution in [2.75, 3.05) is 11.9 Å². The number of anilines is 1. The van der Waals surface area contributed by atoms with Gasteiger partial charge in [-0.15, -0.1) is 11.3 Å². The summed E-state index contributed by atoms with van der Waals surface area (Å²) in [4.78, 5) is 32.5. The lowest BCUT2D eigenvalue weighted by Gasteiger charge is -2.08. The highest BCUT2D eigenvalue weighted by Crippen LogP contribution is 2.33. The monoisotopic (exact) mass is 350 g/mol. The van der Waals surface area contributed by atoms with Gasteiger partial charge in [0.2, 0.25) is 11.8 Å². The zero-order valence-corrected chi connectivity index (χ0v) is 13.8. The molecule has 2 rings (SSSR count). The second kappa shape index (κ2) is 7.28. The molecule has 0 aliphatic carbocycles. The van der Waals surface area contributed by atoms with Crippen LogP contribution in [0.3, 0.4) is 0 Å². The van der Waals surface area contributed by atoms with Crippen molar-refractivity contribution >= 4 is 39.6 Å². The molecule has 120 valence electrons. The highest BCUT2D eigenvalue weighted by molar-refractivity contribution is 7.19. The van der Waals surface area contributed by atoms with E-state index in [1.54, 1.807) is 6.92 Å². The SMILES string of the molecule is Cc1nc(NC(=O)C(CN)C(N)=O)sc1-c1csc(CC#N)n1. The van der Waals surface area contributed by atoms with Crippen LogP contribution in [0.5, 0.6) is 0 Å². The summed E-state index contributed by atoms with van der Waals surface area (Å²) in [6.45, 7) is 1.63. The fourth-order valence-electron chi connectivity index (χ4n) is 1.80. The maximum Gasteiger partial charge on any atom is 0.240 e. The minimum Gasteiger partial charge on any atom is -0.369 e. The normalized spacial score (nSPS) is 11.7. The molecule has 0 saturated heterocycles. The first-order chi connectivity index (χ1) is 11.0. The third kappa shape index (κ3) is 3.89. The van der Waals surface area contributed by atoms with Gasteiger partial charge in [0.05, 0.1) is 28.8 Å². The van der Waals surface area contributed by atoms with Crippen LogP contribution in [0, 0.1) is 24.2 Å². The van der Waals surface area contributed by atoms with Gasteiger partial charge in [-0.25, -0.2) is 9.97 Å². The Hall–Kier alpha value is -2.35. The standard InChI is InChI=1S/C13H14N6O2S2/c1-6-10(8-5-22-9(18-8)2-3-14)23-13(17-6)19-12(21)7(4-15)11(16)20/h5,7H,2,4,15H2,1H3,(H2,16,20)(H,17,19,21). The van der Waals surface area contributed by atoms with Gasteiger partial charge in [-0.1, -0.05) is 11.3 Å². The van der Waals surface area contributed by atoms with Crippen molar-refractivity contribution in [3.8, 4) is 16.6 Å². The zero-order valence-electron chi connectivity index (χ0n) is 12.2. The molecule has 1 atom stereocenters. The summed E-state index contributed by atoms with van der Waals surface area (Å²) in [5, 5.41) is 14.1. The summed E-state index contributed by atoms with van der Waals surface area (Å²) in [5.74, 6) is -2.45. The van der Waals surface area contributed by atoms with E-state index in [4.69, 9.17) is 16.7 Å². The van der Waals surface area contributed by atoms with Crippen LogP contribution in [-0.4, -0.2) is 28.3 Å². The van der Waals surface area contributed by atoms with E-state index in [0.717, 1.165) is 9.88 Å². The Morgan fingerprint density at radius 1 is 1.48 bits per heavy atom. The topological polar surface area (TPSA) is 148 Å². The number of carbonyl (C=O) groups is 2. The molecule has 0 radical (unpaired) electrons. The fraction of sp³-hybridized carbons (Fsp3) is 0.308. The zero-order chi connectivity index (χ0) is 17.0. The number of nitrogens with zero attached hydrogens (tertiary/aromatic N) is 3. The maximum atomic E-state index is 12.0. The maximum absolute atomic E-state index is 12.0. The van der Waals surface area contributed by atoms with E-state index in [1.165, 1.54) is 22.7 Å². The Morgan fingerprint density at radius 2 is 2.22 bits per heavy atom. The molecular formula is C13H14N6O2S2. The first kappa shape index (κ1) is 17.0. The van der Waals surface area contributed by atoms with Crippen LogP contribution in [-0.2, 0) is 16.0 Å². The summed E-state index contributed by atoms with van der Waals surface area (Å²) < 4.78 is 0. The average Bonchev–Trinajstić information content (AvgIpc) is 3.06. The summed E-state index contributed by atoms with van der Waals surface area (Å²) in [6, 6.07) is 2.05. The van der Waals surface area contributed by atoms with E-state index in [-0.39, 0.29) is 13.0 Å². The number of nitrogens with one attached hydrogen (secondary N) is 1. The van der Waals surface area contributed by atoms with Gasteiger partial charge in [-0.2, -0.15) is 5.26 Å². The van der Waals surface area contributed by atoms with E-state index in [9.17, 15) is 9.59 Å². The second-order valence-corrected chi connectivity index (χ2v) is 6.52. The summed E-state index contributed by atoms with van der Waals surface area (Å²) in [7, 11) is 0. The van der Waals surface area contributed by atoms with Gasteiger partial charge in [0.15, 0.2) is 5.13 Å². The number of thiazole rings is 2. The van der Waals surface area contributed by atoms with Gasteiger partial charge in [0.1, 0.15) is 10.9 Å². The minimum absolute atomic E-state index is 0.165. The Morgan fingerprint density at radius 3 is 2.83 bits per heavy atom. The molecule has 23 heavy (non-hydrogen) atoms. The number of nitriles is 1. The number of carbonyl (C=O) groups excluding carboxylic acids is 2. The molecule has 2 amide bonds. The van der Waals surface area contributed by atoms with E-state index < -0.39 is 17.7 Å². The molecule has 8 nitrogen and oxygen atoms in total. The smallest absolute Gasteiger partial charge is 0.240 e. The lowest BCUT2D eigenvalue weighted by Crippen LogP contribution is -2.39. The number of amides is 2. The predicted octanol–water partition coefficient (Wildman–Crippen LogP) is 0.640. The lowest BCUT2D eigenvalue weighted by molar-refractivity contribution is -0.130. The molecule has 0 aliphatic rings. The lowest BCUT2D eigenvalue weighted by atomic mass is 10.1. The molecule has 5 N–H and O–H groups in total. The fourth-order valence-corrected chi connectivity index (χ4v) is 3.52.